The second-order valence-corrected chi connectivity index (χ2v) is 8.61. The van der Waals surface area contributed by atoms with Gasteiger partial charge in [0.15, 0.2) is 0 Å². The van der Waals surface area contributed by atoms with Crippen molar-refractivity contribution in [2.75, 3.05) is 30.4 Å². The molecule has 0 bridgehead atoms. The molecule has 4 rings (SSSR count). The molecule has 29 heavy (non-hydrogen) atoms. The lowest BCUT2D eigenvalue weighted by Gasteiger charge is -2.27. The molecule has 0 atom stereocenters. The summed E-state index contributed by atoms with van der Waals surface area (Å²) in [5.41, 5.74) is 8.96. The highest BCUT2D eigenvalue weighted by molar-refractivity contribution is 6.33. The van der Waals surface area contributed by atoms with Crippen LogP contribution in [0.25, 0.3) is 11.1 Å². The second-order valence-electron chi connectivity index (χ2n) is 8.20. The standard InChI is InChI=1S/C22H30ClN5O/c23-21-14-27-22(28-18-3-1-17(24)2-4-18)10-20(21)16-9-19(13-25-12-16)26-11-15-5-7-29-8-6-15/h9-10,12-15,17-18,26H,1-8,11,24H2,(H,27,28)/t17-,18-. The third kappa shape index (κ3) is 5.59. The molecule has 1 saturated carbocycles. The van der Waals surface area contributed by atoms with Crippen LogP contribution in [0.2, 0.25) is 5.02 Å². The van der Waals surface area contributed by atoms with E-state index in [9.17, 15) is 0 Å². The van der Waals surface area contributed by atoms with Crippen molar-refractivity contribution in [3.05, 3.63) is 35.7 Å². The summed E-state index contributed by atoms with van der Waals surface area (Å²) in [6.45, 7) is 2.66. The van der Waals surface area contributed by atoms with Crippen molar-refractivity contribution in [3.63, 3.8) is 0 Å². The van der Waals surface area contributed by atoms with Gasteiger partial charge in [-0.05, 0) is 56.6 Å². The minimum atomic E-state index is 0.337. The molecule has 0 spiro atoms. The molecule has 156 valence electrons. The molecule has 1 aliphatic heterocycles. The third-order valence-corrected chi connectivity index (χ3v) is 6.27. The molecule has 0 aromatic carbocycles. The number of nitrogens with zero attached hydrogens (tertiary/aromatic N) is 2. The molecular formula is C22H30ClN5O. The summed E-state index contributed by atoms with van der Waals surface area (Å²) >= 11 is 6.47. The van der Waals surface area contributed by atoms with Gasteiger partial charge in [-0.2, -0.15) is 0 Å². The minimum absolute atomic E-state index is 0.337. The highest BCUT2D eigenvalue weighted by Gasteiger charge is 2.19. The normalized spacial score (nSPS) is 23.0. The van der Waals surface area contributed by atoms with Crippen LogP contribution in [-0.4, -0.2) is 41.8 Å². The Labute approximate surface area is 177 Å². The maximum atomic E-state index is 6.47. The Hall–Kier alpha value is -1.89. The smallest absolute Gasteiger partial charge is 0.126 e. The number of nitrogens with two attached hydrogens (primary N) is 1. The Kier molecular flexibility index (Phi) is 6.85. The van der Waals surface area contributed by atoms with E-state index in [-0.39, 0.29) is 0 Å². The molecule has 1 saturated heterocycles. The molecule has 7 heteroatoms. The van der Waals surface area contributed by atoms with Gasteiger partial charge in [-0.1, -0.05) is 11.6 Å². The number of aromatic nitrogens is 2. The molecule has 2 fully saturated rings. The molecule has 0 amide bonds. The first-order valence-electron chi connectivity index (χ1n) is 10.6. The van der Waals surface area contributed by atoms with Crippen molar-refractivity contribution in [1.29, 1.82) is 0 Å². The predicted molar refractivity (Wildman–Crippen MR) is 118 cm³/mol. The fourth-order valence-corrected chi connectivity index (χ4v) is 4.32. The van der Waals surface area contributed by atoms with E-state index in [4.69, 9.17) is 22.1 Å². The first-order valence-corrected chi connectivity index (χ1v) is 11.0. The van der Waals surface area contributed by atoms with Gasteiger partial charge in [-0.3, -0.25) is 4.98 Å². The summed E-state index contributed by atoms with van der Waals surface area (Å²) in [6.07, 6.45) is 11.9. The summed E-state index contributed by atoms with van der Waals surface area (Å²) in [4.78, 5) is 8.89. The van der Waals surface area contributed by atoms with E-state index in [1.807, 2.05) is 18.5 Å². The molecule has 6 nitrogen and oxygen atoms in total. The zero-order chi connectivity index (χ0) is 20.1. The topological polar surface area (TPSA) is 85.1 Å². The SMILES string of the molecule is N[C@H]1CC[C@H](Nc2cc(-c3cncc(NCC4CCOCC4)c3)c(Cl)cn2)CC1. The minimum Gasteiger partial charge on any atom is -0.384 e. The van der Waals surface area contributed by atoms with Crippen LogP contribution in [0.5, 0.6) is 0 Å². The van der Waals surface area contributed by atoms with Crippen molar-refractivity contribution in [1.82, 2.24) is 9.97 Å². The highest BCUT2D eigenvalue weighted by Crippen LogP contribution is 2.31. The molecule has 1 aliphatic carbocycles. The first-order chi connectivity index (χ1) is 14.2. The van der Waals surface area contributed by atoms with Crippen LogP contribution >= 0.6 is 11.6 Å². The monoisotopic (exact) mass is 415 g/mol. The van der Waals surface area contributed by atoms with E-state index in [2.05, 4.69) is 26.7 Å². The quantitative estimate of drug-likeness (QED) is 0.651. The van der Waals surface area contributed by atoms with Crippen LogP contribution in [0.4, 0.5) is 11.5 Å². The number of halogens is 1. The van der Waals surface area contributed by atoms with Crippen molar-refractivity contribution < 1.29 is 4.74 Å². The summed E-state index contributed by atoms with van der Waals surface area (Å²) in [6, 6.07) is 4.89. The number of rotatable bonds is 6. The Balaban J connectivity index is 1.44. The largest absolute Gasteiger partial charge is 0.384 e. The maximum Gasteiger partial charge on any atom is 0.126 e. The van der Waals surface area contributed by atoms with Crippen LogP contribution in [0.15, 0.2) is 30.7 Å². The third-order valence-electron chi connectivity index (χ3n) is 5.96. The Bertz CT molecular complexity index is 804. The zero-order valence-corrected chi connectivity index (χ0v) is 17.5. The highest BCUT2D eigenvalue weighted by atomic mass is 35.5. The first kappa shape index (κ1) is 20.4. The Morgan fingerprint density at radius 2 is 1.83 bits per heavy atom. The van der Waals surface area contributed by atoms with E-state index >= 15 is 0 Å². The van der Waals surface area contributed by atoms with Gasteiger partial charge in [0.05, 0.1) is 10.7 Å². The second kappa shape index (κ2) is 9.74. The van der Waals surface area contributed by atoms with Gasteiger partial charge < -0.3 is 21.1 Å². The molecule has 2 aliphatic rings. The lowest BCUT2D eigenvalue weighted by molar-refractivity contribution is 0.0699. The average Bonchev–Trinajstić information content (AvgIpc) is 2.76. The molecule has 3 heterocycles. The van der Waals surface area contributed by atoms with Crippen LogP contribution in [0.3, 0.4) is 0 Å². The number of pyridine rings is 2. The van der Waals surface area contributed by atoms with Gasteiger partial charge in [0.1, 0.15) is 5.82 Å². The summed E-state index contributed by atoms with van der Waals surface area (Å²) < 4.78 is 5.44. The molecular weight excluding hydrogens is 386 g/mol. The van der Waals surface area contributed by atoms with Gasteiger partial charge in [0.25, 0.3) is 0 Å². The number of ether oxygens (including phenoxy) is 1. The summed E-state index contributed by atoms with van der Waals surface area (Å²) in [7, 11) is 0. The molecule has 2 aromatic rings. The van der Waals surface area contributed by atoms with Crippen LogP contribution in [0, 0.1) is 5.92 Å². The lowest BCUT2D eigenvalue weighted by Crippen LogP contribution is -2.33. The predicted octanol–water partition coefficient (Wildman–Crippen LogP) is 4.32. The van der Waals surface area contributed by atoms with Gasteiger partial charge in [-0.25, -0.2) is 4.98 Å². The van der Waals surface area contributed by atoms with Gasteiger partial charge in [-0.15, -0.1) is 0 Å². The number of nitrogens with one attached hydrogen (secondary N) is 2. The Morgan fingerprint density at radius 1 is 1.03 bits per heavy atom. The molecule has 0 unspecified atom stereocenters. The van der Waals surface area contributed by atoms with Crippen LogP contribution in [-0.2, 0) is 4.74 Å². The number of hydrogen-bond acceptors (Lipinski definition) is 6. The summed E-state index contributed by atoms with van der Waals surface area (Å²) in [5, 5.41) is 7.70. The van der Waals surface area contributed by atoms with Crippen LogP contribution < -0.4 is 16.4 Å². The van der Waals surface area contributed by atoms with Gasteiger partial charge in [0.2, 0.25) is 0 Å². The molecule has 0 radical (unpaired) electrons. The van der Waals surface area contributed by atoms with E-state index in [1.165, 1.54) is 0 Å². The van der Waals surface area contributed by atoms with Gasteiger partial charge >= 0.3 is 0 Å². The van der Waals surface area contributed by atoms with E-state index < -0.39 is 0 Å². The van der Waals surface area contributed by atoms with Gasteiger partial charge in [0, 0.05) is 61.6 Å². The lowest BCUT2D eigenvalue weighted by atomic mass is 9.92. The maximum absolute atomic E-state index is 6.47. The Morgan fingerprint density at radius 3 is 2.62 bits per heavy atom. The van der Waals surface area contributed by atoms with Crippen molar-refractivity contribution in [3.8, 4) is 11.1 Å². The average molecular weight is 416 g/mol. The molecule has 2 aromatic heterocycles. The zero-order valence-electron chi connectivity index (χ0n) is 16.7. The van der Waals surface area contributed by atoms with Crippen molar-refractivity contribution in [2.24, 2.45) is 11.7 Å². The van der Waals surface area contributed by atoms with E-state index in [0.717, 1.165) is 80.9 Å². The fourth-order valence-electron chi connectivity index (χ4n) is 4.11. The fraction of sp³-hybridized carbons (Fsp3) is 0.545. The molecule has 4 N–H and O–H groups in total. The summed E-state index contributed by atoms with van der Waals surface area (Å²) in [5.74, 6) is 1.50. The van der Waals surface area contributed by atoms with Crippen molar-refractivity contribution >= 4 is 23.1 Å². The number of anilines is 2. The van der Waals surface area contributed by atoms with Crippen LogP contribution in [0.1, 0.15) is 38.5 Å². The number of hydrogen-bond donors (Lipinski definition) is 3. The van der Waals surface area contributed by atoms with E-state index in [1.54, 1.807) is 6.20 Å². The van der Waals surface area contributed by atoms with E-state index in [0.29, 0.717) is 23.0 Å². The van der Waals surface area contributed by atoms with Crippen molar-refractivity contribution in [2.45, 2.75) is 50.6 Å².